The third-order valence-electron chi connectivity index (χ3n) is 22.4. The molecule has 0 spiro atoms. The molecular weight excluding hydrogens is 1920 g/mol. The van der Waals surface area contributed by atoms with Gasteiger partial charge in [-0.15, -0.1) is 0 Å². The van der Waals surface area contributed by atoms with Gasteiger partial charge in [0.05, 0.1) is 43.9 Å². The quantitative estimate of drug-likeness (QED) is 0.0161. The highest BCUT2D eigenvalue weighted by Gasteiger charge is 2.50. The van der Waals surface area contributed by atoms with Gasteiger partial charge in [-0.05, 0) is 133 Å². The van der Waals surface area contributed by atoms with E-state index in [1.165, 1.54) is 87.0 Å². The third kappa shape index (κ3) is 29.5. The number of aliphatic hydroxyl groups excluding tert-OH is 1. The number of rotatable bonds is 22. The predicted octanol–water partition coefficient (Wildman–Crippen LogP) is 11.1. The predicted molar refractivity (Wildman–Crippen MR) is 500 cm³/mol. The molecule has 45 nitrogen and oxygen atoms in total. The maximum absolute atomic E-state index is 13.0. The number of hydrogen-bond acceptors (Lipinski definition) is 33. The van der Waals surface area contributed by atoms with Crippen LogP contribution in [-0.2, 0) is 27.2 Å². The van der Waals surface area contributed by atoms with Gasteiger partial charge in [0.2, 0.25) is 29.3 Å². The fraction of sp³-hybridized carbons (Fsp3) is 0.315. The number of imide groups is 1. The number of para-hydroxylation sites is 3. The number of nitrogens with zero attached hydrogens (tertiary/aromatic N) is 24. The van der Waals surface area contributed by atoms with Crippen LogP contribution in [0.15, 0.2) is 225 Å². The first-order valence-electron chi connectivity index (χ1n) is 43.2. The number of benzene rings is 3. The van der Waals surface area contributed by atoms with Gasteiger partial charge in [-0.1, -0.05) is 66.2 Å². The SMILES string of the molecule is CO.Nc1ccc(-n2cccn2)nc1CC(=O)N1CC2CN(CCF)CC2C1.Nc1nc(-n2cccn2)ccc1[N+](=O)[O-].Nc1nc(Cl)ccc1[N+](=O)[O-].O=C(Cc1nc(-n2cccn2)ccc1[N+](=O)[O-])N1CC2CN(CCF)CC2C1.O=C(Cl)Oc1ccccc1.O=C(N1CC2CN(CCF)CC2C1)C(F)(F)F.O=C(Oc1ccccc1)N(C(=O)Oc1ccccc1)c1nc(-n2cccn2)ccc1[N+](=O)[O-]. The molecule has 0 radical (unpaired) electrons. The number of carbonyl (C=O) groups excluding carboxylic acids is 6. The number of amides is 5. The van der Waals surface area contributed by atoms with Crippen LogP contribution in [0.2, 0.25) is 5.15 Å². The summed E-state index contributed by atoms with van der Waals surface area (Å²) in [5.41, 5.74) is 15.9. The normalized spacial score (nSPS) is 16.9. The Morgan fingerprint density at radius 3 is 1.06 bits per heavy atom. The van der Waals surface area contributed by atoms with E-state index in [0.717, 1.165) is 57.3 Å². The van der Waals surface area contributed by atoms with Crippen molar-refractivity contribution in [1.82, 2.24) is 93.4 Å². The van der Waals surface area contributed by atoms with Crippen LogP contribution in [-0.4, -0.2) is 285 Å². The topological polar surface area (TPSA) is 559 Å². The average molecular weight is 2010 g/mol. The number of alkyl halides is 6. The summed E-state index contributed by atoms with van der Waals surface area (Å²) in [5, 5.41) is 67.1. The van der Waals surface area contributed by atoms with Crippen LogP contribution in [0.1, 0.15) is 11.4 Å². The highest BCUT2D eigenvalue weighted by Crippen LogP contribution is 2.37. The summed E-state index contributed by atoms with van der Waals surface area (Å²) in [6.45, 7) is 7.71. The van der Waals surface area contributed by atoms with Gasteiger partial charge in [0.25, 0.3) is 5.69 Å². The number of pyridine rings is 5. The Labute approximate surface area is 813 Å². The van der Waals surface area contributed by atoms with E-state index in [0.29, 0.717) is 109 Å². The molecular formula is C89H93Cl2F6N27O18. The smallest absolute Gasteiger partial charge is 0.415 e. The van der Waals surface area contributed by atoms with Crippen molar-refractivity contribution in [3.05, 3.63) is 282 Å². The van der Waals surface area contributed by atoms with Crippen LogP contribution in [0, 0.1) is 76.0 Å². The molecule has 6 unspecified atom stereocenters. The zero-order chi connectivity index (χ0) is 102. The Morgan fingerprint density at radius 2 is 0.725 bits per heavy atom. The molecule has 6 atom stereocenters. The molecule has 6 aliphatic rings. The first-order valence-corrected chi connectivity index (χ1v) is 44.0. The summed E-state index contributed by atoms with van der Waals surface area (Å²) in [7, 11) is 1.00. The van der Waals surface area contributed by atoms with E-state index in [4.69, 9.17) is 55.0 Å². The van der Waals surface area contributed by atoms with E-state index >= 15 is 0 Å². The first kappa shape index (κ1) is 106. The molecule has 0 saturated carbocycles. The van der Waals surface area contributed by atoms with Gasteiger partial charge < -0.3 is 65.9 Å². The number of likely N-dealkylation sites (tertiary alicyclic amines) is 6. The zero-order valence-electron chi connectivity index (χ0n) is 75.3. The number of halogens is 8. The van der Waals surface area contributed by atoms with Crippen LogP contribution < -0.4 is 36.3 Å². The lowest BCUT2D eigenvalue weighted by Crippen LogP contribution is -2.42. The van der Waals surface area contributed by atoms with E-state index in [1.54, 1.807) is 144 Å². The number of carbonyl (C=O) groups is 6. The number of aromatic nitrogens is 13. The van der Waals surface area contributed by atoms with Crippen molar-refractivity contribution in [2.24, 2.45) is 35.5 Å². The van der Waals surface area contributed by atoms with E-state index in [2.05, 4.69) is 59.9 Å². The molecule has 6 saturated heterocycles. The van der Waals surface area contributed by atoms with Crippen LogP contribution in [0.3, 0.4) is 0 Å². The Hall–Kier alpha value is -16.1. The number of ether oxygens (including phenoxy) is 3. The van der Waals surface area contributed by atoms with Gasteiger partial charge in [0.15, 0.2) is 23.3 Å². The molecule has 0 bridgehead atoms. The molecule has 6 fully saturated rings. The average Bonchev–Trinajstić information content (AvgIpc) is 1.53. The summed E-state index contributed by atoms with van der Waals surface area (Å²) in [6, 6.07) is 45.6. The number of anilines is 4. The fourth-order valence-corrected chi connectivity index (χ4v) is 16.3. The lowest BCUT2D eigenvalue weighted by molar-refractivity contribution is -0.385. The second kappa shape index (κ2) is 51.0. The van der Waals surface area contributed by atoms with Crippen molar-refractivity contribution in [1.29, 1.82) is 0 Å². The number of nitrogens with two attached hydrogens (primary N) is 3. The number of aliphatic hydroxyl groups is 1. The molecule has 3 aromatic carbocycles. The fourth-order valence-electron chi connectivity index (χ4n) is 16.0. The van der Waals surface area contributed by atoms with Crippen molar-refractivity contribution in [3.8, 4) is 40.5 Å². The highest BCUT2D eigenvalue weighted by atomic mass is 35.5. The lowest BCUT2D eigenvalue weighted by atomic mass is 10.0. The first-order chi connectivity index (χ1) is 68.2. The maximum atomic E-state index is 13.0. The largest absolute Gasteiger partial charge is 0.471 e. The van der Waals surface area contributed by atoms with Gasteiger partial charge in [0, 0.05) is 191 Å². The van der Waals surface area contributed by atoms with Gasteiger partial charge in [-0.3, -0.25) is 54.8 Å². The summed E-state index contributed by atoms with van der Waals surface area (Å²) in [5.74, 6) is 1.32. The van der Waals surface area contributed by atoms with Crippen molar-refractivity contribution < 1.29 is 94.1 Å². The molecule has 53 heteroatoms. The number of nitrogen functional groups attached to an aromatic ring is 3. The Bertz CT molecular complexity index is 6160. The second-order valence-electron chi connectivity index (χ2n) is 31.7. The summed E-state index contributed by atoms with van der Waals surface area (Å²) < 4.78 is 94.8. The molecule has 15 heterocycles. The van der Waals surface area contributed by atoms with Crippen LogP contribution in [0.25, 0.3) is 23.3 Å². The van der Waals surface area contributed by atoms with Crippen molar-refractivity contribution in [2.45, 2.75) is 19.0 Å². The van der Waals surface area contributed by atoms with Crippen molar-refractivity contribution in [2.75, 3.05) is 147 Å². The molecule has 7 N–H and O–H groups in total. The minimum Gasteiger partial charge on any atom is -0.415 e. The molecule has 12 aromatic rings. The van der Waals surface area contributed by atoms with Crippen LogP contribution >= 0.6 is 23.2 Å². The zero-order valence-corrected chi connectivity index (χ0v) is 76.9. The van der Waals surface area contributed by atoms with Crippen LogP contribution in [0.4, 0.5) is 86.6 Å². The van der Waals surface area contributed by atoms with E-state index in [-0.39, 0.29) is 120 Å². The molecule has 748 valence electrons. The van der Waals surface area contributed by atoms with Gasteiger partial charge in [-0.2, -0.15) is 38.5 Å². The molecule has 18 rings (SSSR count). The van der Waals surface area contributed by atoms with Crippen LogP contribution in [0.5, 0.6) is 17.2 Å². The van der Waals surface area contributed by atoms with Gasteiger partial charge >= 0.3 is 46.8 Å². The molecule has 142 heavy (non-hydrogen) atoms. The minimum atomic E-state index is -4.78. The van der Waals surface area contributed by atoms with E-state index < -0.39 is 67.6 Å². The summed E-state index contributed by atoms with van der Waals surface area (Å²) in [6.07, 6.45) is 5.84. The molecule has 5 amide bonds. The number of fused-ring (bicyclic) bond motifs is 3. The number of hydrogen-bond donors (Lipinski definition) is 4. The Balaban J connectivity index is 0.000000163. The summed E-state index contributed by atoms with van der Waals surface area (Å²) in [4.78, 5) is 145. The molecule has 6 aliphatic heterocycles. The number of nitro groups is 4. The minimum absolute atomic E-state index is 0.0493. The molecule has 0 aliphatic carbocycles. The van der Waals surface area contributed by atoms with Crippen molar-refractivity contribution in [3.63, 3.8) is 0 Å². The highest BCUT2D eigenvalue weighted by molar-refractivity contribution is 6.61. The molecule has 9 aromatic heterocycles. The standard InChI is InChI=1S/C22H15N5O6.C18H21FN6O3.C18H23FN6O.C10H14F4N2O.C8H7N5O2.C7H5ClO2.C5H4ClN3O2.CH4O/c28-21(32-16-8-3-1-4-9-16)26(22(29)33-17-10-5-2-6-11-17)20-18(27(30)31)12-13-19(24-20)25-15-7-14-23-25;19-4-7-22-9-13-11-23(12-14(13)10-22)18(26)8-15-16(25(27)28)2-3-17(21-15)24-6-1-5-20-24;19-4-7-23-9-13-11-24(12-14(13)10-23)18(26)8-16-15(20)2-3-17(22-16)25-6-1-5-21-25;11-1-2-15-3-7-5-16(6-8(7)4-15)9(17)10(12,13)14;9-8-6(13(14)15)2-3-7(11-8)12-5-1-4-10-12;8-7(9)10-6-4-2-1-3-5-6;6-4-2-1-3(9(10)11)5(7)8-4;1-2/h1-15H;1-3,5-6,13-14H,4,7-12H2;1-3,5-6,13-14H,4,7-12,20H2;7-8H,1-6H2;1-5H,(H2,9,11);1-5H;1-2H,(H2,7,8);2H,1H3. The Morgan fingerprint density at radius 1 is 0.408 bits per heavy atom. The van der Waals surface area contributed by atoms with Gasteiger partial charge in [-0.25, -0.2) is 71.2 Å². The van der Waals surface area contributed by atoms with E-state index in [9.17, 15) is 95.6 Å². The lowest BCUT2D eigenvalue weighted by Gasteiger charge is -2.21. The second-order valence-corrected chi connectivity index (χ2v) is 32.4. The maximum Gasteiger partial charge on any atom is 0.471 e. The summed E-state index contributed by atoms with van der Waals surface area (Å²) >= 11 is 10.4. The van der Waals surface area contributed by atoms with E-state index in [1.807, 2.05) is 21.9 Å². The monoisotopic (exact) mass is 2010 g/mol. The third-order valence-corrected chi connectivity index (χ3v) is 22.7. The Kier molecular flexibility index (Phi) is 38.2. The van der Waals surface area contributed by atoms with Gasteiger partial charge in [0.1, 0.15) is 48.1 Å². The van der Waals surface area contributed by atoms with Crippen molar-refractivity contribution >= 4 is 104 Å².